The third kappa shape index (κ3) is 4.13. The summed E-state index contributed by atoms with van der Waals surface area (Å²) < 4.78 is 2.11. The lowest BCUT2D eigenvalue weighted by molar-refractivity contribution is 0.283. The summed E-state index contributed by atoms with van der Waals surface area (Å²) in [5, 5.41) is 8.21. The van der Waals surface area contributed by atoms with Crippen molar-refractivity contribution in [3.8, 4) is 0 Å². The van der Waals surface area contributed by atoms with Crippen molar-refractivity contribution < 1.29 is 0 Å². The zero-order valence-electron chi connectivity index (χ0n) is 12.8. The molecule has 0 aromatic carbocycles. The Hall–Kier alpha value is -0.830. The summed E-state index contributed by atoms with van der Waals surface area (Å²) in [4.78, 5) is 0. The van der Waals surface area contributed by atoms with Gasteiger partial charge in [-0.2, -0.15) is 5.10 Å². The molecular weight excluding hydrogens is 222 g/mol. The van der Waals surface area contributed by atoms with Gasteiger partial charge >= 0.3 is 0 Å². The van der Waals surface area contributed by atoms with Gasteiger partial charge in [0.1, 0.15) is 0 Å². The van der Waals surface area contributed by atoms with Crippen LogP contribution in [0.25, 0.3) is 0 Å². The largest absolute Gasteiger partial charge is 0.308 e. The van der Waals surface area contributed by atoms with Gasteiger partial charge in [0, 0.05) is 18.8 Å². The fraction of sp³-hybridized carbons (Fsp3) is 0.800. The average molecular weight is 251 g/mol. The molecule has 3 nitrogen and oxygen atoms in total. The van der Waals surface area contributed by atoms with Gasteiger partial charge in [0.25, 0.3) is 0 Å². The van der Waals surface area contributed by atoms with Crippen molar-refractivity contribution in [2.45, 2.75) is 73.0 Å². The lowest BCUT2D eigenvalue weighted by atomic mass is 9.88. The topological polar surface area (TPSA) is 29.9 Å². The van der Waals surface area contributed by atoms with Crippen LogP contribution in [0, 0.1) is 5.41 Å². The first-order chi connectivity index (χ1) is 8.38. The number of nitrogens with one attached hydrogen (secondary N) is 1. The molecule has 0 aliphatic carbocycles. The van der Waals surface area contributed by atoms with Gasteiger partial charge in [-0.15, -0.1) is 0 Å². The van der Waals surface area contributed by atoms with E-state index in [0.29, 0.717) is 12.1 Å². The van der Waals surface area contributed by atoms with Gasteiger partial charge in [0.15, 0.2) is 0 Å². The Bertz CT molecular complexity index is 345. The molecule has 1 atom stereocenters. The Kier molecular flexibility index (Phi) is 5.39. The van der Waals surface area contributed by atoms with E-state index >= 15 is 0 Å². The van der Waals surface area contributed by atoms with Gasteiger partial charge in [0.05, 0.1) is 11.7 Å². The zero-order valence-corrected chi connectivity index (χ0v) is 12.8. The van der Waals surface area contributed by atoms with Crippen molar-refractivity contribution in [1.82, 2.24) is 15.1 Å². The van der Waals surface area contributed by atoms with Crippen LogP contribution in [-0.2, 0) is 6.54 Å². The van der Waals surface area contributed by atoms with E-state index in [1.807, 2.05) is 0 Å². The SMILES string of the molecule is CCC(CC)n1ccc(CNC(C)C(C)(C)C)n1. The Balaban J connectivity index is 2.54. The van der Waals surface area contributed by atoms with Gasteiger partial charge < -0.3 is 5.32 Å². The summed E-state index contributed by atoms with van der Waals surface area (Å²) in [6.45, 7) is 14.3. The van der Waals surface area contributed by atoms with Crippen LogP contribution in [0.5, 0.6) is 0 Å². The normalized spacial score (nSPS) is 14.2. The first kappa shape index (κ1) is 15.2. The van der Waals surface area contributed by atoms with E-state index in [1.165, 1.54) is 0 Å². The number of rotatable bonds is 6. The van der Waals surface area contributed by atoms with E-state index < -0.39 is 0 Å². The van der Waals surface area contributed by atoms with Crippen LogP contribution in [0.4, 0.5) is 0 Å². The summed E-state index contributed by atoms with van der Waals surface area (Å²) in [5.41, 5.74) is 1.43. The van der Waals surface area contributed by atoms with Crippen LogP contribution in [0.3, 0.4) is 0 Å². The maximum Gasteiger partial charge on any atom is 0.0762 e. The molecule has 1 unspecified atom stereocenters. The summed E-state index contributed by atoms with van der Waals surface area (Å²) in [5.74, 6) is 0. The molecule has 0 aliphatic heterocycles. The lowest BCUT2D eigenvalue weighted by Gasteiger charge is -2.27. The average Bonchev–Trinajstić information content (AvgIpc) is 2.75. The van der Waals surface area contributed by atoms with Crippen LogP contribution in [0.1, 0.15) is 66.1 Å². The molecule has 0 spiro atoms. The molecule has 3 heteroatoms. The van der Waals surface area contributed by atoms with Crippen molar-refractivity contribution in [1.29, 1.82) is 0 Å². The minimum atomic E-state index is 0.290. The summed E-state index contributed by atoms with van der Waals surface area (Å²) in [6, 6.07) is 3.15. The molecule has 104 valence electrons. The highest BCUT2D eigenvalue weighted by Crippen LogP contribution is 2.19. The molecule has 1 aromatic rings. The number of hydrogen-bond acceptors (Lipinski definition) is 2. The van der Waals surface area contributed by atoms with Gasteiger partial charge in [0.2, 0.25) is 0 Å². The molecule has 0 fully saturated rings. The van der Waals surface area contributed by atoms with E-state index in [1.54, 1.807) is 0 Å². The van der Waals surface area contributed by atoms with Crippen LogP contribution in [-0.4, -0.2) is 15.8 Å². The molecule has 0 bridgehead atoms. The highest BCUT2D eigenvalue weighted by atomic mass is 15.3. The maximum atomic E-state index is 4.66. The lowest BCUT2D eigenvalue weighted by Crippen LogP contribution is -2.37. The van der Waals surface area contributed by atoms with Gasteiger partial charge in [-0.3, -0.25) is 4.68 Å². The van der Waals surface area contributed by atoms with Crippen molar-refractivity contribution >= 4 is 0 Å². The third-order valence-electron chi connectivity index (χ3n) is 3.87. The number of hydrogen-bond donors (Lipinski definition) is 1. The fourth-order valence-corrected chi connectivity index (χ4v) is 1.90. The van der Waals surface area contributed by atoms with Gasteiger partial charge in [-0.25, -0.2) is 0 Å². The highest BCUT2D eigenvalue weighted by Gasteiger charge is 2.19. The highest BCUT2D eigenvalue weighted by molar-refractivity contribution is 5.00. The standard InChI is InChI=1S/C15H29N3/c1-7-14(8-2)18-10-9-13(17-18)11-16-12(3)15(4,5)6/h9-10,12,14,16H,7-8,11H2,1-6H3. The predicted octanol–water partition coefficient (Wildman–Crippen LogP) is 3.77. The Morgan fingerprint density at radius 3 is 2.39 bits per heavy atom. The Morgan fingerprint density at radius 1 is 1.28 bits per heavy atom. The summed E-state index contributed by atoms with van der Waals surface area (Å²) >= 11 is 0. The molecular formula is C15H29N3. The van der Waals surface area contributed by atoms with E-state index in [0.717, 1.165) is 25.1 Å². The van der Waals surface area contributed by atoms with Crippen LogP contribution < -0.4 is 5.32 Å². The molecule has 18 heavy (non-hydrogen) atoms. The Morgan fingerprint density at radius 2 is 1.89 bits per heavy atom. The monoisotopic (exact) mass is 251 g/mol. The van der Waals surface area contributed by atoms with Crippen molar-refractivity contribution in [3.05, 3.63) is 18.0 Å². The minimum absolute atomic E-state index is 0.290. The van der Waals surface area contributed by atoms with E-state index in [4.69, 9.17) is 0 Å². The third-order valence-corrected chi connectivity index (χ3v) is 3.87. The van der Waals surface area contributed by atoms with E-state index in [-0.39, 0.29) is 5.41 Å². The smallest absolute Gasteiger partial charge is 0.0762 e. The van der Waals surface area contributed by atoms with Gasteiger partial charge in [-0.1, -0.05) is 34.6 Å². The maximum absolute atomic E-state index is 4.66. The molecule has 0 saturated carbocycles. The predicted molar refractivity (Wildman–Crippen MR) is 77.6 cm³/mol. The quantitative estimate of drug-likeness (QED) is 0.834. The van der Waals surface area contributed by atoms with Gasteiger partial charge in [-0.05, 0) is 31.2 Å². The zero-order chi connectivity index (χ0) is 13.8. The van der Waals surface area contributed by atoms with E-state index in [2.05, 4.69) is 68.9 Å². The van der Waals surface area contributed by atoms with Crippen LogP contribution in [0.15, 0.2) is 12.3 Å². The molecule has 1 aromatic heterocycles. The molecule has 0 aliphatic rings. The molecule has 0 saturated heterocycles. The molecule has 0 amide bonds. The molecule has 0 radical (unpaired) electrons. The Labute approximate surface area is 112 Å². The fourth-order valence-electron chi connectivity index (χ4n) is 1.90. The second kappa shape index (κ2) is 6.37. The molecule has 1 heterocycles. The molecule has 1 N–H and O–H groups in total. The van der Waals surface area contributed by atoms with Crippen molar-refractivity contribution in [2.75, 3.05) is 0 Å². The second-order valence-corrected chi connectivity index (χ2v) is 6.23. The minimum Gasteiger partial charge on any atom is -0.308 e. The molecule has 1 rings (SSSR count). The van der Waals surface area contributed by atoms with Crippen molar-refractivity contribution in [3.63, 3.8) is 0 Å². The summed E-state index contributed by atoms with van der Waals surface area (Å²) in [7, 11) is 0. The van der Waals surface area contributed by atoms with E-state index in [9.17, 15) is 0 Å². The number of nitrogens with zero attached hydrogens (tertiary/aromatic N) is 2. The first-order valence-corrected chi connectivity index (χ1v) is 7.15. The number of aromatic nitrogens is 2. The van der Waals surface area contributed by atoms with Crippen LogP contribution in [0.2, 0.25) is 0 Å². The second-order valence-electron chi connectivity index (χ2n) is 6.23. The van der Waals surface area contributed by atoms with Crippen LogP contribution >= 0.6 is 0 Å². The van der Waals surface area contributed by atoms with Crippen molar-refractivity contribution in [2.24, 2.45) is 5.41 Å². The first-order valence-electron chi connectivity index (χ1n) is 7.15. The summed E-state index contributed by atoms with van der Waals surface area (Å²) in [6.07, 6.45) is 4.39.